The molecule has 1 aliphatic rings. The summed E-state index contributed by atoms with van der Waals surface area (Å²) in [6.45, 7) is 2.16. The standard InChI is InChI=1S/C12H14Cl2O/c1-8-4-5-12(15,7-8)9-2-3-10(13)11(14)6-9/h2-3,6,8,15H,4-5,7H2,1H3. The van der Waals surface area contributed by atoms with Gasteiger partial charge in [-0.25, -0.2) is 0 Å². The molecule has 2 atom stereocenters. The van der Waals surface area contributed by atoms with Crippen LogP contribution < -0.4 is 0 Å². The van der Waals surface area contributed by atoms with Crippen LogP contribution in [0, 0.1) is 5.92 Å². The molecule has 0 aliphatic heterocycles. The van der Waals surface area contributed by atoms with Crippen molar-refractivity contribution in [3.63, 3.8) is 0 Å². The van der Waals surface area contributed by atoms with E-state index in [-0.39, 0.29) is 0 Å². The second-order valence-electron chi connectivity index (χ2n) is 4.51. The molecule has 3 heteroatoms. The molecule has 0 spiro atoms. The number of halogens is 2. The van der Waals surface area contributed by atoms with Gasteiger partial charge in [0, 0.05) is 0 Å². The van der Waals surface area contributed by atoms with Gasteiger partial charge >= 0.3 is 0 Å². The van der Waals surface area contributed by atoms with Crippen molar-refractivity contribution in [2.45, 2.75) is 31.8 Å². The zero-order valence-electron chi connectivity index (χ0n) is 8.63. The lowest BCUT2D eigenvalue weighted by molar-refractivity contribution is 0.0408. The van der Waals surface area contributed by atoms with E-state index in [1.807, 2.05) is 6.07 Å². The summed E-state index contributed by atoms with van der Waals surface area (Å²) < 4.78 is 0. The highest BCUT2D eigenvalue weighted by atomic mass is 35.5. The molecule has 1 fully saturated rings. The van der Waals surface area contributed by atoms with E-state index in [1.54, 1.807) is 12.1 Å². The zero-order valence-corrected chi connectivity index (χ0v) is 10.1. The maximum atomic E-state index is 10.4. The average molecular weight is 245 g/mol. The quantitative estimate of drug-likeness (QED) is 0.792. The summed E-state index contributed by atoms with van der Waals surface area (Å²) in [7, 11) is 0. The van der Waals surface area contributed by atoms with E-state index in [9.17, 15) is 5.11 Å². The molecule has 0 bridgehead atoms. The summed E-state index contributed by atoms with van der Waals surface area (Å²) in [6.07, 6.45) is 2.69. The molecule has 0 heterocycles. The molecule has 2 rings (SSSR count). The Morgan fingerprint density at radius 2 is 2.07 bits per heavy atom. The summed E-state index contributed by atoms with van der Waals surface area (Å²) in [4.78, 5) is 0. The van der Waals surface area contributed by atoms with Crippen molar-refractivity contribution in [3.05, 3.63) is 33.8 Å². The monoisotopic (exact) mass is 244 g/mol. The number of benzene rings is 1. The Kier molecular flexibility index (Phi) is 2.98. The van der Waals surface area contributed by atoms with Gasteiger partial charge in [-0.15, -0.1) is 0 Å². The maximum absolute atomic E-state index is 10.4. The van der Waals surface area contributed by atoms with Gasteiger partial charge in [0.2, 0.25) is 0 Å². The number of hydrogen-bond acceptors (Lipinski definition) is 1. The lowest BCUT2D eigenvalue weighted by Gasteiger charge is -2.23. The highest BCUT2D eigenvalue weighted by Gasteiger charge is 2.36. The summed E-state index contributed by atoms with van der Waals surface area (Å²) in [5.41, 5.74) is 0.189. The highest BCUT2D eigenvalue weighted by Crippen LogP contribution is 2.42. The summed E-state index contributed by atoms with van der Waals surface area (Å²) >= 11 is 11.8. The molecule has 1 aromatic carbocycles. The van der Waals surface area contributed by atoms with E-state index in [2.05, 4.69) is 6.92 Å². The van der Waals surface area contributed by atoms with Crippen LogP contribution in [0.5, 0.6) is 0 Å². The van der Waals surface area contributed by atoms with Crippen molar-refractivity contribution in [3.8, 4) is 0 Å². The van der Waals surface area contributed by atoms with Crippen molar-refractivity contribution in [2.75, 3.05) is 0 Å². The molecule has 1 nitrogen and oxygen atoms in total. The second-order valence-corrected chi connectivity index (χ2v) is 5.32. The molecule has 0 aromatic heterocycles. The molecular weight excluding hydrogens is 231 g/mol. The first-order valence-electron chi connectivity index (χ1n) is 5.19. The average Bonchev–Trinajstić information content (AvgIpc) is 2.52. The van der Waals surface area contributed by atoms with E-state index in [4.69, 9.17) is 23.2 Å². The third-order valence-electron chi connectivity index (χ3n) is 3.19. The molecule has 1 saturated carbocycles. The van der Waals surface area contributed by atoms with Crippen molar-refractivity contribution in [1.29, 1.82) is 0 Å². The topological polar surface area (TPSA) is 20.2 Å². The summed E-state index contributed by atoms with van der Waals surface area (Å²) in [5.74, 6) is 0.574. The lowest BCUT2D eigenvalue weighted by atomic mass is 9.91. The van der Waals surface area contributed by atoms with Gasteiger partial charge in [-0.05, 0) is 42.9 Å². The van der Waals surface area contributed by atoms with E-state index < -0.39 is 5.60 Å². The van der Waals surface area contributed by atoms with Crippen LogP contribution in [-0.4, -0.2) is 5.11 Å². The highest BCUT2D eigenvalue weighted by molar-refractivity contribution is 6.42. The molecular formula is C12H14Cl2O. The van der Waals surface area contributed by atoms with Gasteiger partial charge < -0.3 is 5.11 Å². The van der Waals surface area contributed by atoms with Gasteiger partial charge in [-0.2, -0.15) is 0 Å². The van der Waals surface area contributed by atoms with Crippen LogP contribution in [0.3, 0.4) is 0 Å². The van der Waals surface area contributed by atoms with Crippen LogP contribution in [0.15, 0.2) is 18.2 Å². The van der Waals surface area contributed by atoms with Crippen LogP contribution in [0.25, 0.3) is 0 Å². The Hall–Kier alpha value is -0.240. The molecule has 1 aromatic rings. The number of rotatable bonds is 1. The van der Waals surface area contributed by atoms with E-state index in [1.165, 1.54) is 0 Å². The van der Waals surface area contributed by atoms with Crippen molar-refractivity contribution >= 4 is 23.2 Å². The van der Waals surface area contributed by atoms with Gasteiger partial charge in [0.1, 0.15) is 0 Å². The van der Waals surface area contributed by atoms with Crippen LogP contribution in [0.2, 0.25) is 10.0 Å². The lowest BCUT2D eigenvalue weighted by Crippen LogP contribution is -2.21. The van der Waals surface area contributed by atoms with Gasteiger partial charge in [-0.3, -0.25) is 0 Å². The number of aliphatic hydroxyl groups is 1. The zero-order chi connectivity index (χ0) is 11.1. The predicted octanol–water partition coefficient (Wildman–Crippen LogP) is 4.00. The minimum atomic E-state index is -0.701. The first-order valence-corrected chi connectivity index (χ1v) is 5.95. The predicted molar refractivity (Wildman–Crippen MR) is 63.4 cm³/mol. The summed E-state index contributed by atoms with van der Waals surface area (Å²) in [5, 5.41) is 11.5. The fraction of sp³-hybridized carbons (Fsp3) is 0.500. The fourth-order valence-electron chi connectivity index (χ4n) is 2.31. The van der Waals surface area contributed by atoms with Gasteiger partial charge in [0.25, 0.3) is 0 Å². The molecule has 82 valence electrons. The van der Waals surface area contributed by atoms with Crippen LogP contribution in [0.1, 0.15) is 31.7 Å². The normalized spacial score (nSPS) is 30.8. The van der Waals surface area contributed by atoms with Crippen molar-refractivity contribution in [2.24, 2.45) is 5.92 Å². The van der Waals surface area contributed by atoms with Crippen LogP contribution in [-0.2, 0) is 5.60 Å². The first-order chi connectivity index (χ1) is 7.01. The molecule has 0 radical (unpaired) electrons. The first kappa shape index (κ1) is 11.3. The minimum absolute atomic E-state index is 0.516. The minimum Gasteiger partial charge on any atom is -0.385 e. The third kappa shape index (κ3) is 2.15. The molecule has 0 amide bonds. The largest absolute Gasteiger partial charge is 0.385 e. The van der Waals surface area contributed by atoms with Crippen LogP contribution in [0.4, 0.5) is 0 Å². The van der Waals surface area contributed by atoms with Crippen molar-refractivity contribution in [1.82, 2.24) is 0 Å². The van der Waals surface area contributed by atoms with E-state index in [0.717, 1.165) is 24.8 Å². The smallest absolute Gasteiger partial charge is 0.0899 e. The van der Waals surface area contributed by atoms with E-state index in [0.29, 0.717) is 16.0 Å². The second kappa shape index (κ2) is 3.97. The maximum Gasteiger partial charge on any atom is 0.0899 e. The summed E-state index contributed by atoms with van der Waals surface area (Å²) in [6, 6.07) is 5.40. The van der Waals surface area contributed by atoms with Crippen LogP contribution >= 0.6 is 23.2 Å². The Balaban J connectivity index is 2.33. The Morgan fingerprint density at radius 3 is 2.60 bits per heavy atom. The molecule has 15 heavy (non-hydrogen) atoms. The third-order valence-corrected chi connectivity index (χ3v) is 3.93. The molecule has 2 unspecified atom stereocenters. The molecule has 1 aliphatic carbocycles. The van der Waals surface area contributed by atoms with Crippen molar-refractivity contribution < 1.29 is 5.11 Å². The SMILES string of the molecule is CC1CCC(O)(c2ccc(Cl)c(Cl)c2)C1. The van der Waals surface area contributed by atoms with Gasteiger partial charge in [0.05, 0.1) is 15.6 Å². The Bertz CT molecular complexity index is 378. The Labute approximate surface area is 100 Å². The van der Waals surface area contributed by atoms with Gasteiger partial charge in [-0.1, -0.05) is 36.2 Å². The van der Waals surface area contributed by atoms with E-state index >= 15 is 0 Å². The van der Waals surface area contributed by atoms with Gasteiger partial charge in [0.15, 0.2) is 0 Å². The molecule has 1 N–H and O–H groups in total. The fourth-order valence-corrected chi connectivity index (χ4v) is 2.61. The molecule has 0 saturated heterocycles. The Morgan fingerprint density at radius 1 is 1.33 bits per heavy atom. The number of hydrogen-bond donors (Lipinski definition) is 1.